The second-order valence-electron chi connectivity index (χ2n) is 4.30. The summed E-state index contributed by atoms with van der Waals surface area (Å²) in [5, 5.41) is 2.95. The van der Waals surface area contributed by atoms with Gasteiger partial charge in [0.2, 0.25) is 0 Å². The Bertz CT molecular complexity index is 772. The maximum absolute atomic E-state index is 13.6. The number of nitrogens with two attached hydrogens (primary N) is 1. The summed E-state index contributed by atoms with van der Waals surface area (Å²) in [5.41, 5.74) is 8.08. The number of aromatic nitrogens is 1. The molecule has 1 aromatic heterocycles. The molecule has 0 aliphatic carbocycles. The summed E-state index contributed by atoms with van der Waals surface area (Å²) in [5.74, 6) is -0.281. The zero-order chi connectivity index (χ0) is 14.1. The van der Waals surface area contributed by atoms with E-state index in [2.05, 4.69) is 26.2 Å². The summed E-state index contributed by atoms with van der Waals surface area (Å²) in [6.45, 7) is 0.276. The number of hydrogen-bond acceptors (Lipinski definition) is 4. The minimum absolute atomic E-state index is 0.276. The topological polar surface area (TPSA) is 64.1 Å². The lowest BCUT2D eigenvalue weighted by Gasteiger charge is -2.04. The van der Waals surface area contributed by atoms with E-state index >= 15 is 0 Å². The van der Waals surface area contributed by atoms with Crippen molar-refractivity contribution in [3.05, 3.63) is 52.3 Å². The number of nitrogens with one attached hydrogen (secondary N) is 1. The van der Waals surface area contributed by atoms with Crippen molar-refractivity contribution in [2.24, 2.45) is 0 Å². The monoisotopic (exact) mass is 335 g/mol. The Morgan fingerprint density at radius 2 is 2.15 bits per heavy atom. The molecule has 102 valence electrons. The third-order valence-electron chi connectivity index (χ3n) is 2.89. The number of anilines is 2. The predicted molar refractivity (Wildman–Crippen MR) is 79.8 cm³/mol. The number of halogens is 2. The van der Waals surface area contributed by atoms with Crippen molar-refractivity contribution < 1.29 is 8.81 Å². The summed E-state index contributed by atoms with van der Waals surface area (Å²) < 4.78 is 19.9. The molecule has 0 saturated carbocycles. The van der Waals surface area contributed by atoms with E-state index in [4.69, 9.17) is 10.2 Å². The highest BCUT2D eigenvalue weighted by atomic mass is 79.9. The van der Waals surface area contributed by atoms with Crippen LogP contribution in [0.2, 0.25) is 0 Å². The van der Waals surface area contributed by atoms with Crippen LogP contribution >= 0.6 is 15.9 Å². The third-order valence-corrected chi connectivity index (χ3v) is 3.38. The molecule has 6 heteroatoms. The van der Waals surface area contributed by atoms with Gasteiger partial charge in [0, 0.05) is 16.6 Å². The van der Waals surface area contributed by atoms with Crippen molar-refractivity contribution in [1.29, 1.82) is 0 Å². The van der Waals surface area contributed by atoms with Crippen LogP contribution in [0, 0.1) is 5.82 Å². The molecule has 0 spiro atoms. The molecule has 3 aromatic rings. The largest absolute Gasteiger partial charge is 0.423 e. The maximum atomic E-state index is 13.6. The Hall–Kier alpha value is -2.08. The molecule has 3 rings (SSSR count). The number of nitrogen functional groups attached to an aromatic ring is 1. The van der Waals surface area contributed by atoms with Gasteiger partial charge in [-0.3, -0.25) is 0 Å². The maximum Gasteiger partial charge on any atom is 0.296 e. The first-order valence-corrected chi connectivity index (χ1v) is 6.75. The van der Waals surface area contributed by atoms with Crippen LogP contribution in [-0.4, -0.2) is 4.98 Å². The van der Waals surface area contributed by atoms with E-state index in [0.29, 0.717) is 28.4 Å². The van der Waals surface area contributed by atoms with Gasteiger partial charge in [0.05, 0.1) is 5.69 Å². The molecule has 4 nitrogen and oxygen atoms in total. The van der Waals surface area contributed by atoms with E-state index in [1.807, 2.05) is 0 Å². The molecule has 3 N–H and O–H groups in total. The molecule has 0 atom stereocenters. The van der Waals surface area contributed by atoms with Crippen LogP contribution in [0.15, 0.2) is 45.3 Å². The SMILES string of the molecule is Nc1cccc2oc(NCc3cc(Br)ccc3F)nc12. The van der Waals surface area contributed by atoms with E-state index in [1.54, 1.807) is 30.3 Å². The molecular weight excluding hydrogens is 325 g/mol. The van der Waals surface area contributed by atoms with Gasteiger partial charge in [-0.05, 0) is 30.3 Å². The van der Waals surface area contributed by atoms with Gasteiger partial charge >= 0.3 is 0 Å². The molecule has 2 aromatic carbocycles. The molecule has 20 heavy (non-hydrogen) atoms. The van der Waals surface area contributed by atoms with Gasteiger partial charge < -0.3 is 15.5 Å². The van der Waals surface area contributed by atoms with Crippen molar-refractivity contribution in [3.8, 4) is 0 Å². The fourth-order valence-electron chi connectivity index (χ4n) is 1.90. The summed E-state index contributed by atoms with van der Waals surface area (Å²) >= 11 is 3.31. The molecule has 1 heterocycles. The van der Waals surface area contributed by atoms with Crippen molar-refractivity contribution >= 4 is 38.7 Å². The fraction of sp³-hybridized carbons (Fsp3) is 0.0714. The molecule has 0 amide bonds. The van der Waals surface area contributed by atoms with Gasteiger partial charge in [0.1, 0.15) is 11.3 Å². The number of fused-ring (bicyclic) bond motifs is 1. The summed E-state index contributed by atoms with van der Waals surface area (Å²) in [6.07, 6.45) is 0. The Morgan fingerprint density at radius 1 is 1.30 bits per heavy atom. The highest BCUT2D eigenvalue weighted by Gasteiger charge is 2.09. The van der Waals surface area contributed by atoms with Crippen molar-refractivity contribution in [1.82, 2.24) is 4.98 Å². The summed E-state index contributed by atoms with van der Waals surface area (Å²) in [6, 6.07) is 10.4. The zero-order valence-electron chi connectivity index (χ0n) is 10.4. The fourth-order valence-corrected chi connectivity index (χ4v) is 2.30. The number of nitrogens with zero attached hydrogens (tertiary/aromatic N) is 1. The van der Waals surface area contributed by atoms with Crippen LogP contribution in [0.1, 0.15) is 5.56 Å². The van der Waals surface area contributed by atoms with Gasteiger partial charge in [-0.15, -0.1) is 0 Å². The molecule has 0 aliphatic heterocycles. The van der Waals surface area contributed by atoms with Gasteiger partial charge in [-0.2, -0.15) is 4.98 Å². The van der Waals surface area contributed by atoms with E-state index in [-0.39, 0.29) is 12.4 Å². The lowest BCUT2D eigenvalue weighted by atomic mass is 10.2. The molecule has 0 unspecified atom stereocenters. The molecule has 0 saturated heterocycles. The molecule has 0 radical (unpaired) electrons. The first kappa shape index (κ1) is 12.9. The number of para-hydroxylation sites is 1. The Labute approximate surface area is 122 Å². The molecule has 0 aliphatic rings. The van der Waals surface area contributed by atoms with Crippen molar-refractivity contribution in [2.75, 3.05) is 11.1 Å². The van der Waals surface area contributed by atoms with Gasteiger partial charge in [0.25, 0.3) is 6.01 Å². The van der Waals surface area contributed by atoms with Crippen LogP contribution < -0.4 is 11.1 Å². The lowest BCUT2D eigenvalue weighted by molar-refractivity contribution is 0.599. The quantitative estimate of drug-likeness (QED) is 0.712. The standard InChI is InChI=1S/C14H11BrFN3O/c15-9-4-5-10(16)8(6-9)7-18-14-19-13-11(17)2-1-3-12(13)20-14/h1-6H,7,17H2,(H,18,19). The molecule has 0 fully saturated rings. The van der Waals surface area contributed by atoms with E-state index in [9.17, 15) is 4.39 Å². The molecule has 0 bridgehead atoms. The van der Waals surface area contributed by atoms with Gasteiger partial charge in [-0.25, -0.2) is 4.39 Å². The lowest BCUT2D eigenvalue weighted by Crippen LogP contribution is -2.02. The third kappa shape index (κ3) is 2.46. The number of rotatable bonds is 3. The zero-order valence-corrected chi connectivity index (χ0v) is 11.9. The number of benzene rings is 2. The minimum atomic E-state index is -0.281. The van der Waals surface area contributed by atoms with E-state index in [1.165, 1.54) is 6.07 Å². The predicted octanol–water partition coefficient (Wildman–Crippen LogP) is 3.92. The first-order chi connectivity index (χ1) is 9.63. The van der Waals surface area contributed by atoms with Crippen LogP contribution in [0.4, 0.5) is 16.1 Å². The highest BCUT2D eigenvalue weighted by molar-refractivity contribution is 9.10. The average Bonchev–Trinajstić information content (AvgIpc) is 2.84. The van der Waals surface area contributed by atoms with Crippen LogP contribution in [0.5, 0.6) is 0 Å². The molecular formula is C14H11BrFN3O. The van der Waals surface area contributed by atoms with Crippen molar-refractivity contribution in [2.45, 2.75) is 6.54 Å². The normalized spacial score (nSPS) is 10.9. The first-order valence-electron chi connectivity index (χ1n) is 5.96. The van der Waals surface area contributed by atoms with Crippen molar-refractivity contribution in [3.63, 3.8) is 0 Å². The average molecular weight is 336 g/mol. The Morgan fingerprint density at radius 3 is 2.95 bits per heavy atom. The van der Waals surface area contributed by atoms with E-state index in [0.717, 1.165) is 4.47 Å². The van der Waals surface area contributed by atoms with Gasteiger partial charge in [-0.1, -0.05) is 22.0 Å². The second-order valence-corrected chi connectivity index (χ2v) is 5.22. The Balaban J connectivity index is 1.83. The number of hydrogen-bond donors (Lipinski definition) is 2. The minimum Gasteiger partial charge on any atom is -0.423 e. The highest BCUT2D eigenvalue weighted by Crippen LogP contribution is 2.24. The number of oxazole rings is 1. The van der Waals surface area contributed by atoms with Crippen LogP contribution in [0.25, 0.3) is 11.1 Å². The van der Waals surface area contributed by atoms with E-state index < -0.39 is 0 Å². The summed E-state index contributed by atoms with van der Waals surface area (Å²) in [4.78, 5) is 4.24. The summed E-state index contributed by atoms with van der Waals surface area (Å²) in [7, 11) is 0. The second kappa shape index (κ2) is 5.13. The smallest absolute Gasteiger partial charge is 0.296 e. The van der Waals surface area contributed by atoms with Crippen LogP contribution in [0.3, 0.4) is 0 Å². The van der Waals surface area contributed by atoms with Gasteiger partial charge in [0.15, 0.2) is 5.58 Å². The Kier molecular flexibility index (Phi) is 3.31. The van der Waals surface area contributed by atoms with Crippen LogP contribution in [-0.2, 0) is 6.54 Å².